The Kier molecular flexibility index (Phi) is 6.24. The molecule has 9 nitrogen and oxygen atoms in total. The maximum absolute atomic E-state index is 11.4. The van der Waals surface area contributed by atoms with Gasteiger partial charge in [-0.1, -0.05) is 0 Å². The van der Waals surface area contributed by atoms with Crippen molar-refractivity contribution in [1.29, 1.82) is 0 Å². The summed E-state index contributed by atoms with van der Waals surface area (Å²) in [5.74, 6) is 1.31. The topological polar surface area (TPSA) is 118 Å². The number of halogens is 1. The molecule has 3 aromatic rings. The first kappa shape index (κ1) is 21.3. The Labute approximate surface area is 185 Å². The summed E-state index contributed by atoms with van der Waals surface area (Å²) >= 11 is 0. The lowest BCUT2D eigenvalue weighted by Gasteiger charge is -2.41. The maximum Gasteiger partial charge on any atom is 0.320 e. The van der Waals surface area contributed by atoms with Gasteiger partial charge in [0, 0.05) is 24.1 Å². The number of carbonyl (C=O) groups is 1. The average molecular weight is 445 g/mol. The van der Waals surface area contributed by atoms with E-state index in [1.165, 1.54) is 0 Å². The molecule has 2 fully saturated rings. The molecule has 10 heteroatoms. The molecular formula is C21H25ClN6O3. The van der Waals surface area contributed by atoms with Gasteiger partial charge in [0.1, 0.15) is 11.8 Å². The Hall–Kier alpha value is -2.91. The summed E-state index contributed by atoms with van der Waals surface area (Å²) in [5.41, 5.74) is 1.78. The third-order valence-corrected chi connectivity index (χ3v) is 6.30. The number of H-pyrrole nitrogens is 1. The van der Waals surface area contributed by atoms with Crippen molar-refractivity contribution in [3.05, 3.63) is 42.7 Å². The average Bonchev–Trinajstić information content (AvgIpc) is 3.47. The molecule has 2 aliphatic rings. The van der Waals surface area contributed by atoms with Gasteiger partial charge in [0.15, 0.2) is 0 Å². The minimum Gasteiger partial charge on any atom is -0.490 e. The van der Waals surface area contributed by atoms with Crippen molar-refractivity contribution in [2.45, 2.75) is 37.8 Å². The number of ether oxygens (including phenoxy) is 1. The van der Waals surface area contributed by atoms with Crippen LogP contribution >= 0.6 is 12.4 Å². The Morgan fingerprint density at radius 2 is 2.00 bits per heavy atom. The van der Waals surface area contributed by atoms with Crippen molar-refractivity contribution < 1.29 is 14.6 Å². The highest BCUT2D eigenvalue weighted by atomic mass is 35.5. The van der Waals surface area contributed by atoms with Crippen molar-refractivity contribution in [1.82, 2.24) is 30.5 Å². The van der Waals surface area contributed by atoms with Crippen molar-refractivity contribution in [2.24, 2.45) is 11.8 Å². The lowest BCUT2D eigenvalue weighted by Crippen LogP contribution is -2.50. The number of hydrogen-bond acceptors (Lipinski definition) is 6. The van der Waals surface area contributed by atoms with Crippen molar-refractivity contribution in [3.8, 4) is 22.8 Å². The van der Waals surface area contributed by atoms with Crippen LogP contribution in [0.25, 0.3) is 17.1 Å². The Balaban J connectivity index is 0.00000231. The van der Waals surface area contributed by atoms with Gasteiger partial charge in [-0.3, -0.25) is 4.79 Å². The number of rotatable bonds is 5. The summed E-state index contributed by atoms with van der Waals surface area (Å²) in [6, 6.07) is 9.44. The largest absolute Gasteiger partial charge is 0.490 e. The van der Waals surface area contributed by atoms with Crippen LogP contribution in [0.1, 0.15) is 25.7 Å². The van der Waals surface area contributed by atoms with Gasteiger partial charge in [0.05, 0.1) is 11.7 Å². The Morgan fingerprint density at radius 1 is 1.16 bits per heavy atom. The number of aromatic amines is 1. The fraction of sp³-hybridized carbons (Fsp3) is 0.429. The molecule has 4 atom stereocenters. The van der Waals surface area contributed by atoms with E-state index in [0.717, 1.165) is 42.8 Å². The molecule has 0 amide bonds. The molecule has 2 aromatic heterocycles. The van der Waals surface area contributed by atoms with Crippen LogP contribution in [-0.2, 0) is 4.79 Å². The highest BCUT2D eigenvalue weighted by Gasteiger charge is 2.38. The molecule has 1 saturated carbocycles. The predicted octanol–water partition coefficient (Wildman–Crippen LogP) is 2.69. The van der Waals surface area contributed by atoms with Gasteiger partial charge in [0.25, 0.3) is 0 Å². The number of aromatic nitrogens is 5. The second kappa shape index (κ2) is 9.07. The molecule has 3 N–H and O–H groups in total. The van der Waals surface area contributed by atoms with Gasteiger partial charge in [-0.15, -0.1) is 22.6 Å². The molecule has 0 radical (unpaired) electrons. The number of tetrazole rings is 1. The molecule has 1 aromatic carbocycles. The SMILES string of the molecule is Cl.O=C(O)C1CC2CC(Oc3cc(-n4cccc4)ccc3-c3nn[nH]n3)CCC2CN1. The smallest absolute Gasteiger partial charge is 0.320 e. The van der Waals surface area contributed by atoms with Gasteiger partial charge in [0.2, 0.25) is 5.82 Å². The first-order valence-electron chi connectivity index (χ1n) is 10.3. The van der Waals surface area contributed by atoms with Gasteiger partial charge >= 0.3 is 5.97 Å². The Morgan fingerprint density at radius 3 is 2.74 bits per heavy atom. The zero-order valence-corrected chi connectivity index (χ0v) is 17.7. The summed E-state index contributed by atoms with van der Waals surface area (Å²) < 4.78 is 8.51. The zero-order valence-electron chi connectivity index (χ0n) is 16.8. The second-order valence-electron chi connectivity index (χ2n) is 8.11. The predicted molar refractivity (Wildman–Crippen MR) is 115 cm³/mol. The van der Waals surface area contributed by atoms with E-state index < -0.39 is 12.0 Å². The van der Waals surface area contributed by atoms with Crippen LogP contribution in [0.4, 0.5) is 0 Å². The zero-order chi connectivity index (χ0) is 20.5. The standard InChI is InChI=1S/C21H24N6O3.ClH/c28-21(29)18-10-14-9-16(5-3-13(14)12-22-18)30-19-11-15(27-7-1-2-8-27)4-6-17(19)20-23-25-26-24-20;/h1-2,4,6-8,11,13-14,16,18,22H,3,5,9-10,12H2,(H,28,29)(H,23,24,25,26);1H. The van der Waals surface area contributed by atoms with Crippen LogP contribution in [0.2, 0.25) is 0 Å². The van der Waals surface area contributed by atoms with E-state index in [9.17, 15) is 9.90 Å². The first-order chi connectivity index (χ1) is 14.7. The van der Waals surface area contributed by atoms with Crippen LogP contribution in [0.3, 0.4) is 0 Å². The molecule has 0 bridgehead atoms. The second-order valence-corrected chi connectivity index (χ2v) is 8.11. The molecule has 1 aliphatic carbocycles. The van der Waals surface area contributed by atoms with Crippen molar-refractivity contribution in [2.75, 3.05) is 6.54 Å². The molecule has 3 heterocycles. The summed E-state index contributed by atoms with van der Waals surface area (Å²) in [6.45, 7) is 0.769. The highest BCUT2D eigenvalue weighted by molar-refractivity contribution is 5.85. The van der Waals surface area contributed by atoms with Crippen LogP contribution in [0.15, 0.2) is 42.7 Å². The minimum absolute atomic E-state index is 0. The fourth-order valence-corrected chi connectivity index (χ4v) is 4.73. The summed E-state index contributed by atoms with van der Waals surface area (Å²) in [7, 11) is 0. The Bertz CT molecular complexity index is 1010. The molecule has 4 unspecified atom stereocenters. The molecular weight excluding hydrogens is 420 g/mol. The molecule has 1 saturated heterocycles. The van der Waals surface area contributed by atoms with E-state index in [4.69, 9.17) is 4.74 Å². The number of carboxylic acid groups (broad SMARTS) is 1. The van der Waals surface area contributed by atoms with E-state index in [2.05, 4.69) is 25.9 Å². The van der Waals surface area contributed by atoms with E-state index >= 15 is 0 Å². The summed E-state index contributed by atoms with van der Waals surface area (Å²) in [6.07, 6.45) is 7.49. The van der Waals surface area contributed by atoms with Gasteiger partial charge in [-0.2, -0.15) is 5.21 Å². The van der Waals surface area contributed by atoms with Gasteiger partial charge in [-0.05, 0) is 73.5 Å². The van der Waals surface area contributed by atoms with Crippen LogP contribution in [0, 0.1) is 11.8 Å². The lowest BCUT2D eigenvalue weighted by atomic mass is 9.72. The normalized spacial score (nSPS) is 25.3. The van der Waals surface area contributed by atoms with E-state index in [1.54, 1.807) is 0 Å². The number of nitrogens with zero attached hydrogens (tertiary/aromatic N) is 4. The van der Waals surface area contributed by atoms with E-state index in [-0.39, 0.29) is 18.5 Å². The van der Waals surface area contributed by atoms with Crippen molar-refractivity contribution in [3.63, 3.8) is 0 Å². The lowest BCUT2D eigenvalue weighted by molar-refractivity contribution is -0.141. The molecule has 31 heavy (non-hydrogen) atoms. The minimum atomic E-state index is -0.768. The van der Waals surface area contributed by atoms with E-state index in [1.807, 2.05) is 47.3 Å². The van der Waals surface area contributed by atoms with E-state index in [0.29, 0.717) is 24.1 Å². The fourth-order valence-electron chi connectivity index (χ4n) is 4.73. The first-order valence-corrected chi connectivity index (χ1v) is 10.3. The monoisotopic (exact) mass is 444 g/mol. The maximum atomic E-state index is 11.4. The third-order valence-electron chi connectivity index (χ3n) is 6.30. The highest BCUT2D eigenvalue weighted by Crippen LogP contribution is 2.39. The van der Waals surface area contributed by atoms with Crippen molar-refractivity contribution >= 4 is 18.4 Å². The van der Waals surface area contributed by atoms with Crippen LogP contribution in [-0.4, -0.2) is 55.0 Å². The number of fused-ring (bicyclic) bond motifs is 1. The number of hydrogen-bond donors (Lipinski definition) is 3. The summed E-state index contributed by atoms with van der Waals surface area (Å²) in [4.78, 5) is 11.4. The molecule has 164 valence electrons. The number of piperidine rings is 1. The number of nitrogens with one attached hydrogen (secondary N) is 2. The quantitative estimate of drug-likeness (QED) is 0.553. The molecule has 5 rings (SSSR count). The number of carboxylic acids is 1. The summed E-state index contributed by atoms with van der Waals surface area (Å²) in [5, 5.41) is 27.0. The number of aliphatic carboxylic acids is 1. The van der Waals surface area contributed by atoms with Gasteiger partial charge < -0.3 is 19.7 Å². The van der Waals surface area contributed by atoms with Crippen LogP contribution < -0.4 is 10.1 Å². The van der Waals surface area contributed by atoms with Crippen LogP contribution in [0.5, 0.6) is 5.75 Å². The number of benzene rings is 1. The van der Waals surface area contributed by atoms with Gasteiger partial charge in [-0.25, -0.2) is 0 Å². The molecule has 0 spiro atoms. The molecule has 1 aliphatic heterocycles. The third kappa shape index (κ3) is 4.42.